The number of hydrogen-bond acceptors (Lipinski definition) is 4. The number of rotatable bonds is 3. The number of carboxylic acid groups (broad SMARTS) is 1. The lowest BCUT2D eigenvalue weighted by atomic mass is 9.61. The van der Waals surface area contributed by atoms with Gasteiger partial charge in [-0.2, -0.15) is 0 Å². The Hall–Kier alpha value is -2.86. The Morgan fingerprint density at radius 3 is 2.03 bits per heavy atom. The standard InChI is InChI=1S/C28H34N2O4/c1-26(2)15-28(16-27(3,4)29-26)17-30(13-23(28)24(31)32)25(33)34-14-22-20-11-7-5-9-18(20)19-10-6-8-12-21(19)22/h5-12,22-23,29H,13-17H2,1-4H3,(H,31,32). The molecular formula is C28H34N2O4. The maximum Gasteiger partial charge on any atom is 0.409 e. The SMILES string of the molecule is CC1(C)CC2(CN(C(=O)OCC3c4ccccc4-c4ccccc43)CC2C(=O)O)CC(C)(C)N1. The van der Waals surface area contributed by atoms with E-state index in [1.54, 1.807) is 4.90 Å². The predicted octanol–water partition coefficient (Wildman–Crippen LogP) is 4.88. The summed E-state index contributed by atoms with van der Waals surface area (Å²) in [4.78, 5) is 27.2. The van der Waals surface area contributed by atoms with Crippen LogP contribution < -0.4 is 5.32 Å². The van der Waals surface area contributed by atoms with E-state index in [2.05, 4.69) is 57.3 Å². The number of amides is 1. The molecule has 0 radical (unpaired) electrons. The van der Waals surface area contributed by atoms with Crippen LogP contribution in [0.1, 0.15) is 57.6 Å². The highest BCUT2D eigenvalue weighted by Crippen LogP contribution is 2.51. The van der Waals surface area contributed by atoms with Gasteiger partial charge in [-0.3, -0.25) is 4.79 Å². The molecule has 3 aliphatic rings. The third-order valence-electron chi connectivity index (χ3n) is 7.81. The van der Waals surface area contributed by atoms with Crippen molar-refractivity contribution in [3.05, 3.63) is 59.7 Å². The lowest BCUT2D eigenvalue weighted by Gasteiger charge is -2.53. The van der Waals surface area contributed by atoms with Crippen molar-refractivity contribution < 1.29 is 19.4 Å². The smallest absolute Gasteiger partial charge is 0.409 e. The number of benzene rings is 2. The van der Waals surface area contributed by atoms with Crippen LogP contribution in [0.25, 0.3) is 11.1 Å². The Kier molecular flexibility index (Phi) is 5.28. The van der Waals surface area contributed by atoms with Crippen LogP contribution in [-0.4, -0.2) is 52.8 Å². The number of nitrogens with one attached hydrogen (secondary N) is 1. The fourth-order valence-electron chi connectivity index (χ4n) is 7.32. The summed E-state index contributed by atoms with van der Waals surface area (Å²) in [7, 11) is 0. The van der Waals surface area contributed by atoms with E-state index in [1.807, 2.05) is 24.3 Å². The quantitative estimate of drug-likeness (QED) is 0.680. The molecule has 6 nitrogen and oxygen atoms in total. The Balaban J connectivity index is 1.35. The Morgan fingerprint density at radius 2 is 1.50 bits per heavy atom. The highest BCUT2D eigenvalue weighted by atomic mass is 16.6. The van der Waals surface area contributed by atoms with Gasteiger partial charge in [0, 0.05) is 35.5 Å². The number of aliphatic carboxylic acids is 1. The number of carbonyl (C=O) groups is 2. The van der Waals surface area contributed by atoms with E-state index >= 15 is 0 Å². The second-order valence-corrected chi connectivity index (χ2v) is 11.7. The lowest BCUT2D eigenvalue weighted by Crippen LogP contribution is -2.63. The van der Waals surface area contributed by atoms with Crippen LogP contribution in [0.4, 0.5) is 4.79 Å². The van der Waals surface area contributed by atoms with Crippen molar-refractivity contribution >= 4 is 12.1 Å². The summed E-state index contributed by atoms with van der Waals surface area (Å²) in [5, 5.41) is 13.7. The van der Waals surface area contributed by atoms with Crippen molar-refractivity contribution in [1.82, 2.24) is 10.2 Å². The van der Waals surface area contributed by atoms with Crippen molar-refractivity contribution in [3.8, 4) is 11.1 Å². The van der Waals surface area contributed by atoms with Gasteiger partial charge in [0.05, 0.1) is 5.92 Å². The van der Waals surface area contributed by atoms with Crippen LogP contribution in [0, 0.1) is 11.3 Å². The minimum atomic E-state index is -0.831. The minimum absolute atomic E-state index is 0.0140. The van der Waals surface area contributed by atoms with Crippen molar-refractivity contribution in [3.63, 3.8) is 0 Å². The Bertz CT molecular complexity index is 1080. The zero-order chi connectivity index (χ0) is 24.3. The van der Waals surface area contributed by atoms with E-state index in [4.69, 9.17) is 4.74 Å². The molecule has 2 aromatic carbocycles. The number of ether oxygens (including phenoxy) is 1. The molecule has 2 aromatic rings. The zero-order valence-corrected chi connectivity index (χ0v) is 20.4. The number of piperidine rings is 1. The number of carbonyl (C=O) groups excluding carboxylic acids is 1. The summed E-state index contributed by atoms with van der Waals surface area (Å²) in [6.45, 7) is 9.31. The van der Waals surface area contributed by atoms with Gasteiger partial charge in [0.2, 0.25) is 0 Å². The average molecular weight is 463 g/mol. The summed E-state index contributed by atoms with van der Waals surface area (Å²) in [5.74, 6) is -1.45. The molecule has 1 atom stereocenters. The molecule has 2 saturated heterocycles. The summed E-state index contributed by atoms with van der Waals surface area (Å²) >= 11 is 0. The van der Waals surface area contributed by atoms with Gasteiger partial charge >= 0.3 is 12.1 Å². The van der Waals surface area contributed by atoms with Gasteiger partial charge in [0.1, 0.15) is 6.61 Å². The van der Waals surface area contributed by atoms with Gasteiger partial charge in [0.25, 0.3) is 0 Å². The van der Waals surface area contributed by atoms with Crippen molar-refractivity contribution in [2.75, 3.05) is 19.7 Å². The summed E-state index contributed by atoms with van der Waals surface area (Å²) < 4.78 is 5.87. The van der Waals surface area contributed by atoms with Crippen molar-refractivity contribution in [2.24, 2.45) is 11.3 Å². The normalized spacial score (nSPS) is 24.0. The number of carboxylic acids is 1. The summed E-state index contributed by atoms with van der Waals surface area (Å²) in [5.41, 5.74) is 3.79. The molecule has 0 bridgehead atoms. The monoisotopic (exact) mass is 462 g/mol. The van der Waals surface area contributed by atoms with Crippen molar-refractivity contribution in [2.45, 2.75) is 57.5 Å². The molecule has 1 unspecified atom stereocenters. The molecular weight excluding hydrogens is 428 g/mol. The van der Waals surface area contributed by atoms with E-state index in [-0.39, 0.29) is 30.1 Å². The van der Waals surface area contributed by atoms with E-state index < -0.39 is 23.4 Å². The average Bonchev–Trinajstić information content (AvgIpc) is 3.25. The molecule has 34 heavy (non-hydrogen) atoms. The van der Waals surface area contributed by atoms with E-state index in [0.29, 0.717) is 19.4 Å². The fraction of sp³-hybridized carbons (Fsp3) is 0.500. The number of likely N-dealkylation sites (tertiary alicyclic amines) is 1. The third-order valence-corrected chi connectivity index (χ3v) is 7.81. The Morgan fingerprint density at radius 1 is 0.971 bits per heavy atom. The second-order valence-electron chi connectivity index (χ2n) is 11.7. The molecule has 2 N–H and O–H groups in total. The largest absolute Gasteiger partial charge is 0.481 e. The molecule has 1 amide bonds. The number of hydrogen-bond donors (Lipinski definition) is 2. The Labute approximate surface area is 201 Å². The van der Waals surface area contributed by atoms with Crippen LogP contribution >= 0.6 is 0 Å². The van der Waals surface area contributed by atoms with Crippen LogP contribution in [0.3, 0.4) is 0 Å². The highest BCUT2D eigenvalue weighted by molar-refractivity contribution is 5.79. The molecule has 6 heteroatoms. The van der Waals surface area contributed by atoms with Gasteiger partial charge in [-0.25, -0.2) is 4.79 Å². The first-order chi connectivity index (χ1) is 16.0. The minimum Gasteiger partial charge on any atom is -0.481 e. The fourth-order valence-corrected chi connectivity index (χ4v) is 7.32. The molecule has 2 heterocycles. The first-order valence-electron chi connectivity index (χ1n) is 12.1. The first kappa shape index (κ1) is 22.9. The van der Waals surface area contributed by atoms with Crippen LogP contribution in [0.2, 0.25) is 0 Å². The first-order valence-corrected chi connectivity index (χ1v) is 12.1. The van der Waals surface area contributed by atoms with Gasteiger partial charge in [-0.15, -0.1) is 0 Å². The molecule has 1 aliphatic carbocycles. The molecule has 2 aliphatic heterocycles. The van der Waals surface area contributed by atoms with Gasteiger partial charge in [0.15, 0.2) is 0 Å². The number of nitrogens with zero attached hydrogens (tertiary/aromatic N) is 1. The third kappa shape index (κ3) is 3.88. The lowest BCUT2D eigenvalue weighted by molar-refractivity contribution is -0.146. The molecule has 180 valence electrons. The molecule has 1 spiro atoms. The summed E-state index contributed by atoms with van der Waals surface area (Å²) in [6.07, 6.45) is 0.986. The van der Waals surface area contributed by atoms with Crippen LogP contribution in [0.15, 0.2) is 48.5 Å². The topological polar surface area (TPSA) is 78.9 Å². The van der Waals surface area contributed by atoms with Crippen molar-refractivity contribution in [1.29, 1.82) is 0 Å². The number of fused-ring (bicyclic) bond motifs is 3. The molecule has 5 rings (SSSR count). The van der Waals surface area contributed by atoms with Gasteiger partial charge in [-0.1, -0.05) is 48.5 Å². The van der Waals surface area contributed by atoms with Crippen LogP contribution in [-0.2, 0) is 9.53 Å². The van der Waals surface area contributed by atoms with E-state index in [0.717, 1.165) is 0 Å². The van der Waals surface area contributed by atoms with E-state index in [1.165, 1.54) is 22.3 Å². The second kappa shape index (κ2) is 7.84. The maximum absolute atomic E-state index is 13.2. The van der Waals surface area contributed by atoms with E-state index in [9.17, 15) is 14.7 Å². The molecule has 2 fully saturated rings. The summed E-state index contributed by atoms with van der Waals surface area (Å²) in [6, 6.07) is 16.5. The molecule has 0 aromatic heterocycles. The van der Waals surface area contributed by atoms with Crippen LogP contribution in [0.5, 0.6) is 0 Å². The predicted molar refractivity (Wildman–Crippen MR) is 131 cm³/mol. The zero-order valence-electron chi connectivity index (χ0n) is 20.4. The maximum atomic E-state index is 13.2. The highest BCUT2D eigenvalue weighted by Gasteiger charge is 2.58. The molecule has 0 saturated carbocycles. The van der Waals surface area contributed by atoms with Gasteiger partial charge in [-0.05, 0) is 62.8 Å². The van der Waals surface area contributed by atoms with Gasteiger partial charge < -0.3 is 20.1 Å².